The van der Waals surface area contributed by atoms with Crippen molar-refractivity contribution in [2.75, 3.05) is 6.54 Å². The number of aromatic amines is 1. The van der Waals surface area contributed by atoms with Crippen LogP contribution in [0.5, 0.6) is 0 Å². The molecule has 0 fully saturated rings. The van der Waals surface area contributed by atoms with Gasteiger partial charge in [-0.15, -0.1) is 0 Å². The van der Waals surface area contributed by atoms with E-state index in [0.29, 0.717) is 11.8 Å². The molecule has 0 bridgehead atoms. The first-order valence-corrected chi connectivity index (χ1v) is 3.93. The van der Waals surface area contributed by atoms with Gasteiger partial charge in [-0.05, 0) is 0 Å². The average Bonchev–Trinajstić information content (AvgIpc) is 2.40. The second-order valence-corrected chi connectivity index (χ2v) is 3.38. The van der Waals surface area contributed by atoms with E-state index in [1.165, 1.54) is 6.33 Å². The summed E-state index contributed by atoms with van der Waals surface area (Å²) in [5.41, 5.74) is 5.41. The lowest BCUT2D eigenvalue weighted by Gasteiger charge is -2.02. The molecule has 0 aliphatic carbocycles. The van der Waals surface area contributed by atoms with Crippen LogP contribution in [0.25, 0.3) is 0 Å². The van der Waals surface area contributed by atoms with E-state index in [2.05, 4.69) is 15.2 Å². The van der Waals surface area contributed by atoms with Crippen LogP contribution in [0.2, 0.25) is 0 Å². The molecule has 1 aromatic rings. The van der Waals surface area contributed by atoms with Gasteiger partial charge >= 0.3 is 0 Å². The van der Waals surface area contributed by atoms with Gasteiger partial charge in [-0.2, -0.15) is 5.10 Å². The monoisotopic (exact) mass is 158 g/mol. The Morgan fingerprint density at radius 3 is 3.20 bits per heavy atom. The fourth-order valence-corrected chi connectivity index (χ4v) is 1.18. The highest BCUT2D eigenvalue weighted by Crippen LogP contribution is 2.16. The van der Waals surface area contributed by atoms with E-state index in [-0.39, 0.29) is 0 Å². The molecule has 1 atom stereocenters. The number of nitrogens with zero attached hydrogens (tertiary/aromatic N) is 2. The first kappa shape index (κ1) is 7.56. The minimum Gasteiger partial charge on any atom is -0.329 e. The van der Waals surface area contributed by atoms with Gasteiger partial charge < -0.3 is 5.73 Å². The fourth-order valence-electron chi connectivity index (χ4n) is 0.490. The Balaban J connectivity index is 2.40. The highest BCUT2D eigenvalue weighted by atomic mass is 32.2. The highest BCUT2D eigenvalue weighted by molar-refractivity contribution is 7.99. The fraction of sp³-hybridized carbons (Fsp3) is 0.600. The zero-order valence-electron chi connectivity index (χ0n) is 5.74. The summed E-state index contributed by atoms with van der Waals surface area (Å²) in [5.74, 6) is 0. The number of H-pyrrole nitrogens is 1. The van der Waals surface area contributed by atoms with Crippen LogP contribution in [0, 0.1) is 0 Å². The molecule has 1 aromatic heterocycles. The quantitative estimate of drug-likeness (QED) is 0.618. The number of rotatable bonds is 3. The van der Waals surface area contributed by atoms with E-state index in [4.69, 9.17) is 5.73 Å². The van der Waals surface area contributed by atoms with Crippen molar-refractivity contribution in [2.24, 2.45) is 5.73 Å². The number of nitrogens with two attached hydrogens (primary N) is 1. The highest BCUT2D eigenvalue weighted by Gasteiger charge is 2.02. The molecule has 0 saturated heterocycles. The SMILES string of the molecule is CC(CN)Sc1ncn[nH]1. The largest absolute Gasteiger partial charge is 0.329 e. The standard InChI is InChI=1S/C5H10N4S/c1-4(2-6)10-5-7-3-8-9-5/h3-4H,2,6H2,1H3,(H,7,8,9). The van der Waals surface area contributed by atoms with Crippen LogP contribution in [0.3, 0.4) is 0 Å². The van der Waals surface area contributed by atoms with Crippen molar-refractivity contribution in [3.05, 3.63) is 6.33 Å². The number of aromatic nitrogens is 3. The van der Waals surface area contributed by atoms with Crippen LogP contribution in [0.15, 0.2) is 11.5 Å². The van der Waals surface area contributed by atoms with E-state index >= 15 is 0 Å². The molecule has 0 aliphatic heterocycles. The third-order valence-corrected chi connectivity index (χ3v) is 2.05. The van der Waals surface area contributed by atoms with Gasteiger partial charge in [-0.1, -0.05) is 18.7 Å². The Morgan fingerprint density at radius 2 is 2.70 bits per heavy atom. The molecule has 0 saturated carbocycles. The van der Waals surface area contributed by atoms with Crippen molar-refractivity contribution in [3.8, 4) is 0 Å². The molecule has 3 N–H and O–H groups in total. The lowest BCUT2D eigenvalue weighted by Crippen LogP contribution is -2.12. The molecule has 0 aliphatic rings. The molecular formula is C5H10N4S. The van der Waals surface area contributed by atoms with Crippen LogP contribution in [-0.4, -0.2) is 27.0 Å². The first-order valence-electron chi connectivity index (χ1n) is 3.05. The molecule has 4 nitrogen and oxygen atoms in total. The summed E-state index contributed by atoms with van der Waals surface area (Å²) >= 11 is 1.60. The molecule has 5 heteroatoms. The zero-order chi connectivity index (χ0) is 7.40. The van der Waals surface area contributed by atoms with Crippen molar-refractivity contribution in [1.29, 1.82) is 0 Å². The summed E-state index contributed by atoms with van der Waals surface area (Å²) in [6.45, 7) is 2.71. The minimum atomic E-state index is 0.396. The predicted molar refractivity (Wildman–Crippen MR) is 40.8 cm³/mol. The lowest BCUT2D eigenvalue weighted by atomic mass is 10.5. The van der Waals surface area contributed by atoms with Gasteiger partial charge in [0.2, 0.25) is 0 Å². The number of thioether (sulfide) groups is 1. The summed E-state index contributed by atoms with van der Waals surface area (Å²) in [7, 11) is 0. The Bertz CT molecular complexity index is 174. The van der Waals surface area contributed by atoms with Crippen LogP contribution in [0.4, 0.5) is 0 Å². The number of hydrogen-bond acceptors (Lipinski definition) is 4. The smallest absolute Gasteiger partial charge is 0.183 e. The minimum absolute atomic E-state index is 0.396. The van der Waals surface area contributed by atoms with E-state index < -0.39 is 0 Å². The molecule has 10 heavy (non-hydrogen) atoms. The van der Waals surface area contributed by atoms with E-state index in [1.54, 1.807) is 11.8 Å². The van der Waals surface area contributed by atoms with Crippen LogP contribution in [-0.2, 0) is 0 Å². The van der Waals surface area contributed by atoms with Gasteiger partial charge in [0, 0.05) is 11.8 Å². The topological polar surface area (TPSA) is 67.6 Å². The first-order chi connectivity index (χ1) is 4.83. The summed E-state index contributed by atoms with van der Waals surface area (Å²) in [5, 5.41) is 7.69. The molecule has 1 unspecified atom stereocenters. The van der Waals surface area contributed by atoms with Crippen LogP contribution < -0.4 is 5.73 Å². The van der Waals surface area contributed by atoms with Gasteiger partial charge in [0.1, 0.15) is 6.33 Å². The molecular weight excluding hydrogens is 148 g/mol. The van der Waals surface area contributed by atoms with Gasteiger partial charge in [0.15, 0.2) is 5.16 Å². The molecule has 0 spiro atoms. The molecule has 1 heterocycles. The Hall–Kier alpha value is -0.550. The maximum atomic E-state index is 5.41. The van der Waals surface area contributed by atoms with Gasteiger partial charge in [-0.25, -0.2) is 4.98 Å². The third-order valence-electron chi connectivity index (χ3n) is 1.04. The van der Waals surface area contributed by atoms with Crippen molar-refractivity contribution in [2.45, 2.75) is 17.3 Å². The predicted octanol–water partition coefficient (Wildman–Crippen LogP) is 0.244. The summed E-state index contributed by atoms with van der Waals surface area (Å²) < 4.78 is 0. The third kappa shape index (κ3) is 2.00. The Labute approximate surface area is 63.6 Å². The average molecular weight is 158 g/mol. The number of hydrogen-bond donors (Lipinski definition) is 2. The van der Waals surface area contributed by atoms with Gasteiger partial charge in [0.25, 0.3) is 0 Å². The molecule has 56 valence electrons. The van der Waals surface area contributed by atoms with Crippen molar-refractivity contribution >= 4 is 11.8 Å². The number of nitrogens with one attached hydrogen (secondary N) is 1. The van der Waals surface area contributed by atoms with E-state index in [9.17, 15) is 0 Å². The normalized spacial score (nSPS) is 13.4. The van der Waals surface area contributed by atoms with Crippen molar-refractivity contribution in [3.63, 3.8) is 0 Å². The summed E-state index contributed by atoms with van der Waals surface area (Å²) in [4.78, 5) is 3.94. The summed E-state index contributed by atoms with van der Waals surface area (Å²) in [6.07, 6.45) is 1.49. The lowest BCUT2D eigenvalue weighted by molar-refractivity contribution is 0.921. The zero-order valence-corrected chi connectivity index (χ0v) is 6.56. The van der Waals surface area contributed by atoms with Crippen LogP contribution in [0.1, 0.15) is 6.92 Å². The molecule has 0 amide bonds. The van der Waals surface area contributed by atoms with Crippen molar-refractivity contribution in [1.82, 2.24) is 15.2 Å². The second kappa shape index (κ2) is 3.58. The van der Waals surface area contributed by atoms with Crippen molar-refractivity contribution < 1.29 is 0 Å². The maximum absolute atomic E-state index is 5.41. The van der Waals surface area contributed by atoms with E-state index in [0.717, 1.165) is 5.16 Å². The van der Waals surface area contributed by atoms with Crippen LogP contribution >= 0.6 is 11.8 Å². The van der Waals surface area contributed by atoms with Gasteiger partial charge in [-0.3, -0.25) is 5.10 Å². The summed E-state index contributed by atoms with van der Waals surface area (Å²) in [6, 6.07) is 0. The second-order valence-electron chi connectivity index (χ2n) is 1.95. The maximum Gasteiger partial charge on any atom is 0.183 e. The van der Waals surface area contributed by atoms with Gasteiger partial charge in [0.05, 0.1) is 0 Å². The van der Waals surface area contributed by atoms with E-state index in [1.807, 2.05) is 6.92 Å². The Kier molecular flexibility index (Phi) is 2.70. The molecule has 0 aromatic carbocycles. The molecule has 1 rings (SSSR count). The molecule has 0 radical (unpaired) electrons. The Morgan fingerprint density at radius 1 is 1.90 bits per heavy atom.